The van der Waals surface area contributed by atoms with Crippen LogP contribution in [-0.2, 0) is 4.79 Å². The summed E-state index contributed by atoms with van der Waals surface area (Å²) >= 11 is 0. The van der Waals surface area contributed by atoms with Crippen molar-refractivity contribution in [2.75, 3.05) is 7.05 Å². The fraction of sp³-hybridized carbons (Fsp3) is 0.381. The van der Waals surface area contributed by atoms with E-state index >= 15 is 0 Å². The molecule has 0 aliphatic heterocycles. The number of hydrogen-bond acceptors (Lipinski definition) is 2. The molecule has 2 aromatic rings. The van der Waals surface area contributed by atoms with Crippen LogP contribution in [0, 0.1) is 0 Å². The summed E-state index contributed by atoms with van der Waals surface area (Å²) in [5, 5.41) is 13.8. The van der Waals surface area contributed by atoms with Crippen LogP contribution in [-0.4, -0.2) is 18.1 Å². The highest BCUT2D eigenvalue weighted by atomic mass is 16.3. The standard InChI is InChI=1S/C10H8.C6H11NO2.C3H8.C2H6/c1-2-6-10-8-4-3-7-9(10)5-1;1-4(5(2)8)6(9)7-3;1-3-2;1-2/h1-8H;8H,1-3H3,(H,7,9);3H2,1-2H3;1-2H3/b;5-4+;;. The van der Waals surface area contributed by atoms with Gasteiger partial charge in [0.05, 0.1) is 11.3 Å². The summed E-state index contributed by atoms with van der Waals surface area (Å²) in [6.07, 6.45) is 1.25. The summed E-state index contributed by atoms with van der Waals surface area (Å²) in [5.74, 6) is -0.177. The number of carbonyl (C=O) groups is 1. The number of amides is 1. The molecular formula is C21H33NO2. The zero-order valence-electron chi connectivity index (χ0n) is 16.2. The Balaban J connectivity index is 0. The summed E-state index contributed by atoms with van der Waals surface area (Å²) in [7, 11) is 1.52. The van der Waals surface area contributed by atoms with Crippen LogP contribution in [0.5, 0.6) is 0 Å². The lowest BCUT2D eigenvalue weighted by Crippen LogP contribution is -2.19. The number of likely N-dealkylation sites (N-methyl/N-ethyl adjacent to an activating group) is 1. The Labute approximate surface area is 147 Å². The summed E-state index contributed by atoms with van der Waals surface area (Å²) < 4.78 is 0. The first-order chi connectivity index (χ1) is 11.5. The van der Waals surface area contributed by atoms with Gasteiger partial charge in [-0.2, -0.15) is 0 Å². The smallest absolute Gasteiger partial charge is 0.250 e. The van der Waals surface area contributed by atoms with Gasteiger partial charge in [-0.05, 0) is 24.6 Å². The van der Waals surface area contributed by atoms with Crippen molar-refractivity contribution in [3.8, 4) is 0 Å². The van der Waals surface area contributed by atoms with Gasteiger partial charge in [-0.25, -0.2) is 0 Å². The lowest BCUT2D eigenvalue weighted by molar-refractivity contribution is -0.117. The number of allylic oxidation sites excluding steroid dienone is 1. The first-order valence-electron chi connectivity index (χ1n) is 8.50. The fourth-order valence-electron chi connectivity index (χ4n) is 1.48. The second-order valence-electron chi connectivity index (χ2n) is 4.84. The average molecular weight is 332 g/mol. The van der Waals surface area contributed by atoms with Gasteiger partial charge < -0.3 is 10.4 Å². The highest BCUT2D eigenvalue weighted by Crippen LogP contribution is 2.11. The predicted octanol–water partition coefficient (Wildman–Crippen LogP) is 5.87. The molecule has 0 aromatic heterocycles. The quantitative estimate of drug-likeness (QED) is 0.507. The molecule has 0 radical (unpaired) electrons. The molecule has 0 saturated carbocycles. The molecule has 2 aromatic carbocycles. The molecule has 3 heteroatoms. The number of fused-ring (bicyclic) bond motifs is 1. The number of aliphatic hydroxyl groups excluding tert-OH is 1. The first-order valence-corrected chi connectivity index (χ1v) is 8.50. The van der Waals surface area contributed by atoms with Gasteiger partial charge in [0, 0.05) is 7.05 Å². The zero-order chi connectivity index (χ0) is 19.0. The van der Waals surface area contributed by atoms with Crippen LogP contribution in [0.4, 0.5) is 0 Å². The summed E-state index contributed by atoms with van der Waals surface area (Å²) in [5.41, 5.74) is 0.359. The van der Waals surface area contributed by atoms with Crippen LogP contribution < -0.4 is 5.32 Å². The lowest BCUT2D eigenvalue weighted by Gasteiger charge is -1.98. The maximum Gasteiger partial charge on any atom is 0.250 e. The maximum atomic E-state index is 10.6. The van der Waals surface area contributed by atoms with Crippen LogP contribution in [0.2, 0.25) is 0 Å². The molecule has 2 rings (SSSR count). The Morgan fingerprint density at radius 1 is 0.917 bits per heavy atom. The highest BCUT2D eigenvalue weighted by Gasteiger charge is 2.02. The van der Waals surface area contributed by atoms with E-state index in [1.54, 1.807) is 6.92 Å². The van der Waals surface area contributed by atoms with Gasteiger partial charge in [0.2, 0.25) is 5.91 Å². The fourth-order valence-corrected chi connectivity index (χ4v) is 1.48. The molecule has 0 spiro atoms. The van der Waals surface area contributed by atoms with Crippen LogP contribution in [0.3, 0.4) is 0 Å². The SMILES string of the molecule is CC.CCC.CNC(=O)/C(C)=C(\C)O.c1ccc2ccccc2c1. The first kappa shape index (κ1) is 24.0. The Bertz CT molecular complexity index is 534. The third-order valence-electron chi connectivity index (χ3n) is 2.77. The van der Waals surface area contributed by atoms with E-state index in [2.05, 4.69) is 67.7 Å². The number of nitrogens with one attached hydrogen (secondary N) is 1. The van der Waals surface area contributed by atoms with E-state index in [4.69, 9.17) is 5.11 Å². The van der Waals surface area contributed by atoms with Crippen LogP contribution in [0.15, 0.2) is 59.9 Å². The van der Waals surface area contributed by atoms with Crippen molar-refractivity contribution in [3.63, 3.8) is 0 Å². The monoisotopic (exact) mass is 331 g/mol. The van der Waals surface area contributed by atoms with Gasteiger partial charge in [0.1, 0.15) is 0 Å². The number of hydrogen-bond donors (Lipinski definition) is 2. The number of rotatable bonds is 1. The Kier molecular flexibility index (Phi) is 15.6. The van der Waals surface area contributed by atoms with Crippen molar-refractivity contribution in [3.05, 3.63) is 59.9 Å². The average Bonchev–Trinajstić information content (AvgIpc) is 2.63. The van der Waals surface area contributed by atoms with Crippen molar-refractivity contribution in [1.29, 1.82) is 0 Å². The van der Waals surface area contributed by atoms with Crippen molar-refractivity contribution in [2.45, 2.75) is 48.0 Å². The molecule has 1 amide bonds. The number of carbonyl (C=O) groups excluding carboxylic acids is 1. The van der Waals surface area contributed by atoms with Crippen LogP contribution >= 0.6 is 0 Å². The van der Waals surface area contributed by atoms with Crippen LogP contribution in [0.25, 0.3) is 10.8 Å². The molecule has 2 N–H and O–H groups in total. The third-order valence-corrected chi connectivity index (χ3v) is 2.77. The molecule has 0 saturated heterocycles. The summed E-state index contributed by atoms with van der Waals surface area (Å²) in [4.78, 5) is 10.6. The predicted molar refractivity (Wildman–Crippen MR) is 106 cm³/mol. The summed E-state index contributed by atoms with van der Waals surface area (Å²) in [6, 6.07) is 16.7. The molecule has 0 aliphatic carbocycles. The number of benzene rings is 2. The van der Waals surface area contributed by atoms with Crippen molar-refractivity contribution < 1.29 is 9.90 Å². The Morgan fingerprint density at radius 2 is 1.21 bits per heavy atom. The highest BCUT2D eigenvalue weighted by molar-refractivity contribution is 5.92. The largest absolute Gasteiger partial charge is 0.512 e. The molecule has 0 bridgehead atoms. The van der Waals surface area contributed by atoms with Gasteiger partial charge in [0.15, 0.2) is 0 Å². The topological polar surface area (TPSA) is 49.3 Å². The molecule has 134 valence electrons. The summed E-state index contributed by atoms with van der Waals surface area (Å²) in [6.45, 7) is 11.3. The van der Waals surface area contributed by atoms with Crippen LogP contribution in [0.1, 0.15) is 48.0 Å². The van der Waals surface area contributed by atoms with E-state index in [-0.39, 0.29) is 11.7 Å². The van der Waals surface area contributed by atoms with E-state index < -0.39 is 0 Å². The molecule has 24 heavy (non-hydrogen) atoms. The van der Waals surface area contributed by atoms with Crippen molar-refractivity contribution in [1.82, 2.24) is 5.32 Å². The van der Waals surface area contributed by atoms with E-state index in [0.29, 0.717) is 5.57 Å². The molecule has 0 fully saturated rings. The van der Waals surface area contributed by atoms with Gasteiger partial charge in [-0.3, -0.25) is 4.79 Å². The molecule has 0 atom stereocenters. The zero-order valence-corrected chi connectivity index (χ0v) is 16.2. The second-order valence-corrected chi connectivity index (χ2v) is 4.84. The van der Waals surface area contributed by atoms with E-state index in [9.17, 15) is 4.79 Å². The minimum atomic E-state index is -0.241. The van der Waals surface area contributed by atoms with Crippen molar-refractivity contribution >= 4 is 16.7 Å². The van der Waals surface area contributed by atoms with E-state index in [0.717, 1.165) is 0 Å². The minimum Gasteiger partial charge on any atom is -0.512 e. The van der Waals surface area contributed by atoms with Crippen molar-refractivity contribution in [2.24, 2.45) is 0 Å². The molecule has 0 aliphatic rings. The molecule has 3 nitrogen and oxygen atoms in total. The maximum absolute atomic E-state index is 10.6. The molecular weight excluding hydrogens is 298 g/mol. The third kappa shape index (κ3) is 10.4. The van der Waals surface area contributed by atoms with E-state index in [1.165, 1.54) is 31.2 Å². The molecule has 0 unspecified atom stereocenters. The number of aliphatic hydroxyl groups is 1. The molecule has 0 heterocycles. The Hall–Kier alpha value is -2.29. The second kappa shape index (κ2) is 15.6. The van der Waals surface area contributed by atoms with Gasteiger partial charge in [-0.1, -0.05) is 82.6 Å². The minimum absolute atomic E-state index is 0.0642. The lowest BCUT2D eigenvalue weighted by atomic mass is 10.1. The van der Waals surface area contributed by atoms with Gasteiger partial charge >= 0.3 is 0 Å². The van der Waals surface area contributed by atoms with Gasteiger partial charge in [0.25, 0.3) is 0 Å². The normalized spacial score (nSPS) is 9.79. The van der Waals surface area contributed by atoms with Gasteiger partial charge in [-0.15, -0.1) is 0 Å². The Morgan fingerprint density at radius 3 is 1.38 bits per heavy atom. The van der Waals surface area contributed by atoms with E-state index in [1.807, 2.05) is 13.8 Å².